The average molecular weight is 341 g/mol. The van der Waals surface area contributed by atoms with Gasteiger partial charge in [0, 0.05) is 5.56 Å². The van der Waals surface area contributed by atoms with Gasteiger partial charge in [0.05, 0.1) is 22.5 Å². The van der Waals surface area contributed by atoms with Crippen LogP contribution in [0, 0.1) is 13.8 Å². The lowest BCUT2D eigenvalue weighted by Crippen LogP contribution is -2.08. The van der Waals surface area contributed by atoms with E-state index in [9.17, 15) is 14.7 Å². The number of carbonyl (C=O) groups is 2. The molecule has 114 valence electrons. The van der Waals surface area contributed by atoms with Gasteiger partial charge in [-0.3, -0.25) is 0 Å². The molecule has 0 aliphatic carbocycles. The minimum Gasteiger partial charge on any atom is -0.478 e. The van der Waals surface area contributed by atoms with Crippen molar-refractivity contribution in [2.24, 2.45) is 0 Å². The minimum atomic E-state index is -1.18. The summed E-state index contributed by atoms with van der Waals surface area (Å²) in [5.74, 6) is -2.33. The first-order chi connectivity index (χ1) is 10.2. The molecule has 2 heterocycles. The molecule has 6 nitrogen and oxygen atoms in total. The first kappa shape index (κ1) is 16.2. The Morgan fingerprint density at radius 1 is 1.00 bits per heavy atom. The number of halogens is 2. The number of carboxylic acid groups (broad SMARTS) is 2. The maximum Gasteiger partial charge on any atom is 0.336 e. The van der Waals surface area contributed by atoms with Crippen LogP contribution in [-0.4, -0.2) is 32.1 Å². The van der Waals surface area contributed by atoms with Gasteiger partial charge in [-0.15, -0.1) is 0 Å². The lowest BCUT2D eigenvalue weighted by atomic mass is 10.0. The molecule has 2 N–H and O–H groups in total. The molecule has 0 aliphatic heterocycles. The molecule has 8 heteroatoms. The zero-order valence-electron chi connectivity index (χ0n) is 11.5. The summed E-state index contributed by atoms with van der Waals surface area (Å²) >= 11 is 11.8. The Hall–Kier alpha value is -2.18. The SMILES string of the molecule is Cc1c(Cl)nc(-c2cc(C(=O)O)cc(Cl)n2)c(C)c1C(=O)O. The largest absolute Gasteiger partial charge is 0.478 e. The van der Waals surface area contributed by atoms with Gasteiger partial charge >= 0.3 is 11.9 Å². The van der Waals surface area contributed by atoms with Crippen LogP contribution in [0.15, 0.2) is 12.1 Å². The molecule has 0 aliphatic rings. The summed E-state index contributed by atoms with van der Waals surface area (Å²) in [6.45, 7) is 3.10. The summed E-state index contributed by atoms with van der Waals surface area (Å²) in [5.41, 5.74) is 0.916. The molecule has 0 saturated heterocycles. The lowest BCUT2D eigenvalue weighted by Gasteiger charge is -2.12. The number of aromatic carboxylic acids is 2. The van der Waals surface area contributed by atoms with Gasteiger partial charge in [-0.2, -0.15) is 0 Å². The predicted molar refractivity (Wildman–Crippen MR) is 80.9 cm³/mol. The van der Waals surface area contributed by atoms with Gasteiger partial charge in [0.2, 0.25) is 0 Å². The fourth-order valence-electron chi connectivity index (χ4n) is 2.08. The summed E-state index contributed by atoms with van der Waals surface area (Å²) in [4.78, 5) is 30.6. The van der Waals surface area contributed by atoms with Crippen LogP contribution in [0.1, 0.15) is 31.8 Å². The van der Waals surface area contributed by atoms with E-state index in [0.717, 1.165) is 0 Å². The quantitative estimate of drug-likeness (QED) is 0.829. The second kappa shape index (κ2) is 5.90. The number of rotatable bonds is 3. The third kappa shape index (κ3) is 2.88. The summed E-state index contributed by atoms with van der Waals surface area (Å²) in [7, 11) is 0. The van der Waals surface area contributed by atoms with Crippen molar-refractivity contribution in [1.82, 2.24) is 9.97 Å². The van der Waals surface area contributed by atoms with Gasteiger partial charge in [0.25, 0.3) is 0 Å². The van der Waals surface area contributed by atoms with Gasteiger partial charge in [-0.1, -0.05) is 23.2 Å². The van der Waals surface area contributed by atoms with Crippen molar-refractivity contribution in [3.8, 4) is 11.4 Å². The highest BCUT2D eigenvalue weighted by Gasteiger charge is 2.21. The number of hydrogen-bond donors (Lipinski definition) is 2. The zero-order chi connectivity index (χ0) is 16.6. The van der Waals surface area contributed by atoms with Crippen LogP contribution in [-0.2, 0) is 0 Å². The smallest absolute Gasteiger partial charge is 0.336 e. The van der Waals surface area contributed by atoms with E-state index >= 15 is 0 Å². The number of hydrogen-bond acceptors (Lipinski definition) is 4. The first-order valence-corrected chi connectivity index (χ1v) is 6.79. The van der Waals surface area contributed by atoms with E-state index in [1.54, 1.807) is 13.8 Å². The van der Waals surface area contributed by atoms with Crippen LogP contribution in [0.5, 0.6) is 0 Å². The Bertz CT molecular complexity index is 806. The first-order valence-electron chi connectivity index (χ1n) is 6.03. The topological polar surface area (TPSA) is 100 Å². The fraction of sp³-hybridized carbons (Fsp3) is 0.143. The van der Waals surface area contributed by atoms with Crippen LogP contribution in [0.3, 0.4) is 0 Å². The molecule has 0 amide bonds. The zero-order valence-corrected chi connectivity index (χ0v) is 13.0. The van der Waals surface area contributed by atoms with E-state index in [1.807, 2.05) is 0 Å². The van der Waals surface area contributed by atoms with Gasteiger partial charge in [-0.25, -0.2) is 19.6 Å². The molecule has 0 fully saturated rings. The van der Waals surface area contributed by atoms with Crippen LogP contribution in [0.25, 0.3) is 11.4 Å². The second-order valence-electron chi connectivity index (χ2n) is 4.55. The van der Waals surface area contributed by atoms with E-state index in [4.69, 9.17) is 28.3 Å². The third-order valence-corrected chi connectivity index (χ3v) is 3.68. The summed E-state index contributed by atoms with van der Waals surface area (Å²) in [6.07, 6.45) is 0. The molecular formula is C14H10Cl2N2O4. The van der Waals surface area contributed by atoms with Gasteiger partial charge in [0.15, 0.2) is 0 Å². The minimum absolute atomic E-state index is 0.00801. The predicted octanol–water partition coefficient (Wildman–Crippen LogP) is 3.46. The maximum absolute atomic E-state index is 11.4. The maximum atomic E-state index is 11.4. The fourth-order valence-corrected chi connectivity index (χ4v) is 2.47. The Labute approximate surface area is 135 Å². The Morgan fingerprint density at radius 3 is 2.18 bits per heavy atom. The van der Waals surface area contributed by atoms with Crippen molar-refractivity contribution in [1.29, 1.82) is 0 Å². The van der Waals surface area contributed by atoms with E-state index < -0.39 is 11.9 Å². The monoisotopic (exact) mass is 340 g/mol. The number of pyridine rings is 2. The summed E-state index contributed by atoms with van der Waals surface area (Å²) < 4.78 is 0. The number of aromatic nitrogens is 2. The highest BCUT2D eigenvalue weighted by Crippen LogP contribution is 2.30. The van der Waals surface area contributed by atoms with Gasteiger partial charge in [0.1, 0.15) is 10.3 Å². The molecule has 2 aromatic heterocycles. The molecule has 0 saturated carbocycles. The normalized spacial score (nSPS) is 10.5. The highest BCUT2D eigenvalue weighted by atomic mass is 35.5. The number of carboxylic acids is 2. The van der Waals surface area contributed by atoms with Crippen molar-refractivity contribution in [3.63, 3.8) is 0 Å². The molecule has 0 bridgehead atoms. The van der Waals surface area contributed by atoms with Crippen LogP contribution in [0.4, 0.5) is 0 Å². The van der Waals surface area contributed by atoms with Crippen LogP contribution >= 0.6 is 23.2 Å². The Balaban J connectivity index is 2.78. The second-order valence-corrected chi connectivity index (χ2v) is 5.30. The molecule has 22 heavy (non-hydrogen) atoms. The van der Waals surface area contributed by atoms with Crippen molar-refractivity contribution < 1.29 is 19.8 Å². The third-order valence-electron chi connectivity index (χ3n) is 3.12. The molecule has 0 radical (unpaired) electrons. The Kier molecular flexibility index (Phi) is 4.35. The molecule has 0 spiro atoms. The van der Waals surface area contributed by atoms with E-state index in [1.165, 1.54) is 12.1 Å². The van der Waals surface area contributed by atoms with Crippen molar-refractivity contribution in [3.05, 3.63) is 44.7 Å². The highest BCUT2D eigenvalue weighted by molar-refractivity contribution is 6.31. The van der Waals surface area contributed by atoms with Gasteiger partial charge in [-0.05, 0) is 31.5 Å². The molecule has 0 atom stereocenters. The van der Waals surface area contributed by atoms with Gasteiger partial charge < -0.3 is 10.2 Å². The van der Waals surface area contributed by atoms with E-state index in [2.05, 4.69) is 9.97 Å². The molecule has 0 aromatic carbocycles. The molecule has 0 unspecified atom stereocenters. The van der Waals surface area contributed by atoms with Crippen LogP contribution in [0.2, 0.25) is 10.3 Å². The molecule has 2 rings (SSSR count). The van der Waals surface area contributed by atoms with Crippen molar-refractivity contribution >= 4 is 35.1 Å². The standard InChI is InChI=1S/C14H10Cl2N2O4/c1-5-10(14(21)22)6(2)12(16)18-11(5)8-3-7(13(19)20)4-9(15)17-8/h3-4H,1-2H3,(H,19,20)(H,21,22). The molecular weight excluding hydrogens is 331 g/mol. The van der Waals surface area contributed by atoms with Crippen molar-refractivity contribution in [2.75, 3.05) is 0 Å². The van der Waals surface area contributed by atoms with E-state index in [-0.39, 0.29) is 32.8 Å². The summed E-state index contributed by atoms with van der Waals surface area (Å²) in [5, 5.41) is 18.4. The van der Waals surface area contributed by atoms with Crippen LogP contribution < -0.4 is 0 Å². The summed E-state index contributed by atoms with van der Waals surface area (Å²) in [6, 6.07) is 2.46. The lowest BCUT2D eigenvalue weighted by molar-refractivity contribution is 0.0685. The average Bonchev–Trinajstić information content (AvgIpc) is 2.41. The molecule has 2 aromatic rings. The number of nitrogens with zero attached hydrogens (tertiary/aromatic N) is 2. The van der Waals surface area contributed by atoms with Crippen molar-refractivity contribution in [2.45, 2.75) is 13.8 Å². The Morgan fingerprint density at radius 2 is 1.64 bits per heavy atom. The van der Waals surface area contributed by atoms with E-state index in [0.29, 0.717) is 11.1 Å².